The summed E-state index contributed by atoms with van der Waals surface area (Å²) in [6, 6.07) is 7.40. The van der Waals surface area contributed by atoms with Crippen molar-refractivity contribution in [3.63, 3.8) is 0 Å². The van der Waals surface area contributed by atoms with E-state index in [0.717, 1.165) is 13.2 Å². The summed E-state index contributed by atoms with van der Waals surface area (Å²) in [7, 11) is -1.85. The van der Waals surface area contributed by atoms with Crippen LogP contribution in [0.5, 0.6) is 5.75 Å². The van der Waals surface area contributed by atoms with Crippen molar-refractivity contribution in [1.82, 2.24) is 0 Å². The molecule has 26 heavy (non-hydrogen) atoms. The van der Waals surface area contributed by atoms with Crippen LogP contribution in [-0.4, -0.2) is 33.5 Å². The van der Waals surface area contributed by atoms with Crippen LogP contribution in [0.3, 0.4) is 0 Å². The highest BCUT2D eigenvalue weighted by Gasteiger charge is 2.25. The number of rotatable bonds is 6. The number of carbonyl (C=O) groups is 1. The number of ether oxygens (including phenoxy) is 2. The lowest BCUT2D eigenvalue weighted by Crippen LogP contribution is -2.18. The first-order valence-corrected chi connectivity index (χ1v) is 9.20. The van der Waals surface area contributed by atoms with Crippen LogP contribution in [-0.2, 0) is 14.8 Å². The Bertz CT molecular complexity index is 976. The molecule has 2 aromatic rings. The van der Waals surface area contributed by atoms with E-state index in [1.807, 2.05) is 0 Å². The molecule has 1 N–H and O–H groups in total. The second-order valence-corrected chi connectivity index (χ2v) is 7.45. The fraction of sp³-hybridized carbons (Fsp3) is 0.133. The minimum atomic E-state index is -4.27. The van der Waals surface area contributed by atoms with Gasteiger partial charge < -0.3 is 9.47 Å². The molecular weight excluding hydrogens is 432 g/mol. The predicted molar refractivity (Wildman–Crippen MR) is 95.9 cm³/mol. The standard InChI is InChI=1S/C15H13BrN2O7S/c1-24-13-5-4-10(18(20)21)8-12(13)17-26(22,23)14-6-3-9(16)7-11(14)15(19)25-2/h3-8,17H,1-2H3. The monoisotopic (exact) mass is 444 g/mol. The van der Waals surface area contributed by atoms with Gasteiger partial charge in [0.15, 0.2) is 0 Å². The zero-order valence-electron chi connectivity index (χ0n) is 13.6. The maximum atomic E-state index is 12.7. The second kappa shape index (κ2) is 7.70. The molecule has 0 saturated carbocycles. The summed E-state index contributed by atoms with van der Waals surface area (Å²) in [5, 5.41) is 10.9. The van der Waals surface area contributed by atoms with Crippen LogP contribution in [0.1, 0.15) is 10.4 Å². The fourth-order valence-corrected chi connectivity index (χ4v) is 3.69. The first-order chi connectivity index (χ1) is 12.2. The summed E-state index contributed by atoms with van der Waals surface area (Å²) in [4.78, 5) is 21.8. The number of esters is 1. The van der Waals surface area contributed by atoms with Gasteiger partial charge in [-0.05, 0) is 24.3 Å². The van der Waals surface area contributed by atoms with Crippen LogP contribution in [0.25, 0.3) is 0 Å². The van der Waals surface area contributed by atoms with E-state index >= 15 is 0 Å². The molecule has 0 bridgehead atoms. The molecule has 0 amide bonds. The first-order valence-electron chi connectivity index (χ1n) is 6.92. The Labute approximate surface area is 157 Å². The summed E-state index contributed by atoms with van der Waals surface area (Å²) in [6.45, 7) is 0. The highest BCUT2D eigenvalue weighted by Crippen LogP contribution is 2.32. The minimum Gasteiger partial charge on any atom is -0.495 e. The Hall–Kier alpha value is -2.66. The van der Waals surface area contributed by atoms with E-state index < -0.39 is 20.9 Å². The summed E-state index contributed by atoms with van der Waals surface area (Å²) in [5.41, 5.74) is -0.660. The molecule has 0 saturated heterocycles. The summed E-state index contributed by atoms with van der Waals surface area (Å²) >= 11 is 3.16. The lowest BCUT2D eigenvalue weighted by molar-refractivity contribution is -0.384. The van der Waals surface area contributed by atoms with Crippen molar-refractivity contribution >= 4 is 43.3 Å². The number of benzene rings is 2. The number of hydrogen-bond donors (Lipinski definition) is 1. The van der Waals surface area contributed by atoms with Crippen LogP contribution >= 0.6 is 15.9 Å². The van der Waals surface area contributed by atoms with E-state index in [2.05, 4.69) is 25.4 Å². The van der Waals surface area contributed by atoms with Gasteiger partial charge >= 0.3 is 5.97 Å². The van der Waals surface area contributed by atoms with E-state index in [0.29, 0.717) is 4.47 Å². The summed E-state index contributed by atoms with van der Waals surface area (Å²) < 4.78 is 37.8. The summed E-state index contributed by atoms with van der Waals surface area (Å²) in [6.07, 6.45) is 0. The molecule has 0 unspecified atom stereocenters. The van der Waals surface area contributed by atoms with Crippen molar-refractivity contribution < 1.29 is 27.6 Å². The SMILES string of the molecule is COC(=O)c1cc(Br)ccc1S(=O)(=O)Nc1cc([N+](=O)[O-])ccc1OC. The van der Waals surface area contributed by atoms with Crippen molar-refractivity contribution in [3.8, 4) is 5.75 Å². The lowest BCUT2D eigenvalue weighted by atomic mass is 10.2. The second-order valence-electron chi connectivity index (χ2n) is 4.88. The van der Waals surface area contributed by atoms with Crippen LogP contribution in [0.15, 0.2) is 45.8 Å². The smallest absolute Gasteiger partial charge is 0.339 e. The fourth-order valence-electron chi connectivity index (χ4n) is 2.10. The Morgan fingerprint density at radius 2 is 1.88 bits per heavy atom. The number of anilines is 1. The zero-order valence-corrected chi connectivity index (χ0v) is 16.0. The van der Waals surface area contributed by atoms with Gasteiger partial charge in [-0.15, -0.1) is 0 Å². The van der Waals surface area contributed by atoms with Crippen LogP contribution in [0.2, 0.25) is 0 Å². The number of halogens is 1. The molecule has 9 nitrogen and oxygen atoms in total. The average molecular weight is 445 g/mol. The van der Waals surface area contributed by atoms with E-state index in [-0.39, 0.29) is 27.6 Å². The minimum absolute atomic E-state index is 0.0795. The predicted octanol–water partition coefficient (Wildman–Crippen LogP) is 2.95. The van der Waals surface area contributed by atoms with Gasteiger partial charge in [-0.1, -0.05) is 15.9 Å². The Balaban J connectivity index is 2.55. The molecule has 0 aliphatic heterocycles. The van der Waals surface area contributed by atoms with Gasteiger partial charge in [0.25, 0.3) is 15.7 Å². The summed E-state index contributed by atoms with van der Waals surface area (Å²) in [5.74, 6) is -0.770. The topological polar surface area (TPSA) is 125 Å². The molecule has 2 aromatic carbocycles. The van der Waals surface area contributed by atoms with Gasteiger partial charge in [-0.3, -0.25) is 14.8 Å². The van der Waals surface area contributed by atoms with Crippen molar-refractivity contribution in [3.05, 3.63) is 56.5 Å². The zero-order chi connectivity index (χ0) is 19.5. The molecule has 138 valence electrons. The normalized spacial score (nSPS) is 10.9. The molecule has 0 spiro atoms. The highest BCUT2D eigenvalue weighted by atomic mass is 79.9. The Kier molecular flexibility index (Phi) is 5.83. The quantitative estimate of drug-likeness (QED) is 0.412. The number of nitro groups is 1. The Morgan fingerprint density at radius 1 is 1.19 bits per heavy atom. The van der Waals surface area contributed by atoms with Gasteiger partial charge in [-0.2, -0.15) is 0 Å². The number of hydrogen-bond acceptors (Lipinski definition) is 7. The van der Waals surface area contributed by atoms with Crippen LogP contribution in [0.4, 0.5) is 11.4 Å². The maximum Gasteiger partial charge on any atom is 0.339 e. The van der Waals surface area contributed by atoms with Crippen molar-refractivity contribution in [2.24, 2.45) is 0 Å². The van der Waals surface area contributed by atoms with Gasteiger partial charge in [0.05, 0.1) is 30.4 Å². The number of nitrogens with one attached hydrogen (secondary N) is 1. The average Bonchev–Trinajstić information content (AvgIpc) is 2.60. The molecule has 0 radical (unpaired) electrons. The number of nitrogens with zero attached hydrogens (tertiary/aromatic N) is 1. The number of nitro benzene ring substituents is 1. The van der Waals surface area contributed by atoms with Crippen molar-refractivity contribution in [1.29, 1.82) is 0 Å². The number of carbonyl (C=O) groups excluding carboxylic acids is 1. The first kappa shape index (κ1) is 19.7. The number of non-ortho nitro benzene ring substituents is 1. The third-order valence-electron chi connectivity index (χ3n) is 3.27. The van der Waals surface area contributed by atoms with Gasteiger partial charge in [0, 0.05) is 16.6 Å². The molecule has 2 rings (SSSR count). The van der Waals surface area contributed by atoms with Gasteiger partial charge in [-0.25, -0.2) is 13.2 Å². The van der Waals surface area contributed by atoms with E-state index in [1.54, 1.807) is 0 Å². The maximum absolute atomic E-state index is 12.7. The highest BCUT2D eigenvalue weighted by molar-refractivity contribution is 9.10. The molecule has 0 heterocycles. The van der Waals surface area contributed by atoms with E-state index in [9.17, 15) is 23.3 Å². The molecule has 0 aromatic heterocycles. The molecule has 0 aliphatic carbocycles. The van der Waals surface area contributed by atoms with Crippen LogP contribution in [0, 0.1) is 10.1 Å². The van der Waals surface area contributed by atoms with Crippen LogP contribution < -0.4 is 9.46 Å². The van der Waals surface area contributed by atoms with E-state index in [4.69, 9.17) is 4.74 Å². The Morgan fingerprint density at radius 3 is 2.46 bits per heavy atom. The van der Waals surface area contributed by atoms with Crippen molar-refractivity contribution in [2.75, 3.05) is 18.9 Å². The number of methoxy groups -OCH3 is 2. The lowest BCUT2D eigenvalue weighted by Gasteiger charge is -2.14. The third-order valence-corrected chi connectivity index (χ3v) is 5.19. The van der Waals surface area contributed by atoms with Gasteiger partial charge in [0.1, 0.15) is 10.6 Å². The molecule has 0 aliphatic rings. The van der Waals surface area contributed by atoms with Gasteiger partial charge in [0.2, 0.25) is 0 Å². The largest absolute Gasteiger partial charge is 0.495 e. The molecule has 0 fully saturated rings. The molecule has 0 atom stereocenters. The molecular formula is C15H13BrN2O7S. The van der Waals surface area contributed by atoms with E-state index in [1.165, 1.54) is 37.4 Å². The van der Waals surface area contributed by atoms with Crippen molar-refractivity contribution in [2.45, 2.75) is 4.90 Å². The molecule has 11 heteroatoms. The number of sulfonamides is 1. The third kappa shape index (κ3) is 4.11.